The molecule has 2 aromatic heterocycles. The zero-order chi connectivity index (χ0) is 24.6. The van der Waals surface area contributed by atoms with Crippen LogP contribution >= 0.6 is 0 Å². The van der Waals surface area contributed by atoms with E-state index in [0.717, 1.165) is 37.4 Å². The number of rotatable bonds is 6. The number of fused-ring (bicyclic) bond motifs is 1. The van der Waals surface area contributed by atoms with E-state index in [-0.39, 0.29) is 24.5 Å². The van der Waals surface area contributed by atoms with Gasteiger partial charge in [0.1, 0.15) is 12.4 Å². The summed E-state index contributed by atoms with van der Waals surface area (Å²) < 4.78 is 39.6. The smallest absolute Gasteiger partial charge is 0.475 e. The molecule has 0 spiro atoms. The first-order valence-corrected chi connectivity index (χ1v) is 11.1. The van der Waals surface area contributed by atoms with Crippen molar-refractivity contribution in [3.05, 3.63) is 42.4 Å². The van der Waals surface area contributed by atoms with E-state index >= 15 is 0 Å². The molecule has 1 aliphatic heterocycles. The highest BCUT2D eigenvalue weighted by Gasteiger charge is 2.38. The minimum atomic E-state index is -5.08. The zero-order valence-corrected chi connectivity index (χ0v) is 18.6. The molecule has 4 rings (SSSR count). The third-order valence-electron chi connectivity index (χ3n) is 5.64. The number of amides is 1. The first kappa shape index (κ1) is 25.5. The first-order chi connectivity index (χ1) is 16.2. The van der Waals surface area contributed by atoms with Gasteiger partial charge in [-0.25, -0.2) is 9.78 Å². The number of ether oxygens (including phenoxy) is 1. The molecule has 9 nitrogen and oxygen atoms in total. The lowest BCUT2D eigenvalue weighted by Crippen LogP contribution is -2.38. The van der Waals surface area contributed by atoms with E-state index in [4.69, 9.17) is 14.6 Å². The van der Waals surface area contributed by atoms with Crippen LogP contribution in [0.1, 0.15) is 31.4 Å². The van der Waals surface area contributed by atoms with Gasteiger partial charge in [0.05, 0.1) is 18.3 Å². The summed E-state index contributed by atoms with van der Waals surface area (Å²) >= 11 is 0. The number of aliphatic carboxylic acids is 1. The molecule has 0 bridgehead atoms. The van der Waals surface area contributed by atoms with E-state index in [1.54, 1.807) is 6.20 Å². The third-order valence-corrected chi connectivity index (χ3v) is 5.64. The highest BCUT2D eigenvalue weighted by molar-refractivity contribution is 5.77. The van der Waals surface area contributed by atoms with Gasteiger partial charge in [0.15, 0.2) is 0 Å². The molecule has 34 heavy (non-hydrogen) atoms. The second kappa shape index (κ2) is 11.8. The second-order valence-corrected chi connectivity index (χ2v) is 8.26. The highest BCUT2D eigenvalue weighted by Crippen LogP contribution is 2.22. The van der Waals surface area contributed by atoms with Crippen molar-refractivity contribution in [3.8, 4) is 0 Å². The highest BCUT2D eigenvalue weighted by atomic mass is 19.4. The molecule has 12 heteroatoms. The Morgan fingerprint density at radius 2 is 1.88 bits per heavy atom. The van der Waals surface area contributed by atoms with Gasteiger partial charge in [0, 0.05) is 37.9 Å². The molecule has 1 amide bonds. The Hall–Kier alpha value is -3.15. The van der Waals surface area contributed by atoms with E-state index in [1.165, 1.54) is 12.8 Å². The van der Waals surface area contributed by atoms with Crippen molar-refractivity contribution in [2.75, 3.05) is 25.0 Å². The minimum absolute atomic E-state index is 0.0689. The van der Waals surface area contributed by atoms with Gasteiger partial charge in [-0.2, -0.15) is 18.3 Å². The summed E-state index contributed by atoms with van der Waals surface area (Å²) in [6, 6.07) is 7.81. The van der Waals surface area contributed by atoms with Gasteiger partial charge in [-0.05, 0) is 31.0 Å². The van der Waals surface area contributed by atoms with Crippen LogP contribution in [0.3, 0.4) is 0 Å². The molecule has 186 valence electrons. The number of aromatic nitrogens is 3. The summed E-state index contributed by atoms with van der Waals surface area (Å²) in [4.78, 5) is 27.9. The maximum Gasteiger partial charge on any atom is 0.490 e. The Balaban J connectivity index is 0.000000406. The molecule has 3 heterocycles. The number of carbonyl (C=O) groups is 2. The normalized spacial score (nSPS) is 18.4. The number of hydrogen-bond donors (Lipinski definition) is 2. The quantitative estimate of drug-likeness (QED) is 0.650. The van der Waals surface area contributed by atoms with Crippen LogP contribution in [0.25, 0.3) is 0 Å². The van der Waals surface area contributed by atoms with E-state index < -0.39 is 12.1 Å². The van der Waals surface area contributed by atoms with Crippen LogP contribution in [-0.4, -0.2) is 68.6 Å². The molecule has 1 saturated carbocycles. The maximum absolute atomic E-state index is 12.8. The molecular formula is C22H28F3N5O4. The summed E-state index contributed by atoms with van der Waals surface area (Å²) in [6.45, 7) is 2.99. The summed E-state index contributed by atoms with van der Waals surface area (Å²) in [7, 11) is 0. The zero-order valence-electron chi connectivity index (χ0n) is 18.6. The van der Waals surface area contributed by atoms with Gasteiger partial charge in [0.25, 0.3) is 0 Å². The third kappa shape index (κ3) is 7.72. The Morgan fingerprint density at radius 3 is 2.53 bits per heavy atom. The van der Waals surface area contributed by atoms with Crippen molar-refractivity contribution in [1.29, 1.82) is 0 Å². The molecular weight excluding hydrogens is 455 g/mol. The fourth-order valence-corrected chi connectivity index (χ4v) is 3.90. The van der Waals surface area contributed by atoms with Crippen molar-refractivity contribution in [2.45, 2.75) is 51.1 Å². The number of anilines is 1. The molecule has 0 radical (unpaired) electrons. The summed E-state index contributed by atoms with van der Waals surface area (Å²) in [5.74, 6) is -1.58. The second-order valence-electron chi connectivity index (χ2n) is 8.26. The van der Waals surface area contributed by atoms with Crippen LogP contribution in [-0.2, 0) is 27.4 Å². The Bertz CT molecular complexity index is 932. The van der Waals surface area contributed by atoms with Crippen LogP contribution < -0.4 is 5.32 Å². The lowest BCUT2D eigenvalue weighted by atomic mass is 10.1. The fourth-order valence-electron chi connectivity index (χ4n) is 3.90. The average molecular weight is 483 g/mol. The Labute approximate surface area is 194 Å². The number of nitrogens with zero attached hydrogens (tertiary/aromatic N) is 4. The van der Waals surface area contributed by atoms with Crippen molar-refractivity contribution in [1.82, 2.24) is 19.7 Å². The summed E-state index contributed by atoms with van der Waals surface area (Å²) in [5, 5.41) is 14.9. The van der Waals surface area contributed by atoms with Crippen molar-refractivity contribution in [3.63, 3.8) is 0 Å². The van der Waals surface area contributed by atoms with Crippen molar-refractivity contribution < 1.29 is 32.6 Å². The SMILES string of the molecule is O=C(COC1CCCC1)N1Cc2ccnn2CC(CNc2ccccn2)C1.O=C(O)C(F)(F)F. The largest absolute Gasteiger partial charge is 0.490 e. The van der Waals surface area contributed by atoms with Gasteiger partial charge in [0.2, 0.25) is 5.91 Å². The number of halogens is 3. The molecule has 2 aromatic rings. The number of hydrogen-bond acceptors (Lipinski definition) is 6. The van der Waals surface area contributed by atoms with E-state index in [0.29, 0.717) is 13.1 Å². The average Bonchev–Trinajstić information content (AvgIpc) is 3.45. The molecule has 1 aliphatic carbocycles. The van der Waals surface area contributed by atoms with E-state index in [9.17, 15) is 18.0 Å². The van der Waals surface area contributed by atoms with Crippen molar-refractivity contribution >= 4 is 17.7 Å². The molecule has 0 saturated heterocycles. The predicted molar refractivity (Wildman–Crippen MR) is 116 cm³/mol. The van der Waals surface area contributed by atoms with Gasteiger partial charge < -0.3 is 20.1 Å². The van der Waals surface area contributed by atoms with Gasteiger partial charge in [-0.3, -0.25) is 9.48 Å². The first-order valence-electron chi connectivity index (χ1n) is 11.1. The number of nitrogens with one attached hydrogen (secondary N) is 1. The number of alkyl halides is 3. The molecule has 0 aromatic carbocycles. The van der Waals surface area contributed by atoms with Crippen LogP contribution in [0, 0.1) is 5.92 Å². The summed E-state index contributed by atoms with van der Waals surface area (Å²) in [6.07, 6.45) is 3.34. The van der Waals surface area contributed by atoms with E-state index in [1.807, 2.05) is 40.0 Å². The molecule has 2 aliphatic rings. The topological polar surface area (TPSA) is 110 Å². The van der Waals surface area contributed by atoms with Gasteiger partial charge in [-0.1, -0.05) is 18.9 Å². The molecule has 2 N–H and O–H groups in total. The lowest BCUT2D eigenvalue weighted by Gasteiger charge is -2.25. The van der Waals surface area contributed by atoms with Gasteiger partial charge in [-0.15, -0.1) is 0 Å². The molecule has 1 atom stereocenters. The number of carboxylic acids is 1. The molecule has 1 fully saturated rings. The predicted octanol–water partition coefficient (Wildman–Crippen LogP) is 2.94. The minimum Gasteiger partial charge on any atom is -0.475 e. The van der Waals surface area contributed by atoms with Crippen LogP contribution in [0.2, 0.25) is 0 Å². The van der Waals surface area contributed by atoms with Gasteiger partial charge >= 0.3 is 12.1 Å². The number of carbonyl (C=O) groups excluding carboxylic acids is 1. The summed E-state index contributed by atoms with van der Waals surface area (Å²) in [5.41, 5.74) is 1.07. The maximum atomic E-state index is 12.8. The number of carboxylic acid groups (broad SMARTS) is 1. The standard InChI is InChI=1S/C20H27N5O2.C2HF3O2/c26-20(15-27-18-5-1-2-6-18)24-12-16(11-22-19-7-3-4-9-21-19)13-25-17(14-24)8-10-23-25;3-2(4,5)1(6)7/h3-4,7-10,16,18H,1-2,5-6,11-15H2,(H,21,22);(H,6,7). The van der Waals surface area contributed by atoms with E-state index in [2.05, 4.69) is 15.4 Å². The van der Waals surface area contributed by atoms with Crippen LogP contribution in [0.4, 0.5) is 19.0 Å². The van der Waals surface area contributed by atoms with Crippen LogP contribution in [0.5, 0.6) is 0 Å². The number of pyridine rings is 1. The monoisotopic (exact) mass is 483 g/mol. The Morgan fingerprint density at radius 1 is 1.15 bits per heavy atom. The Kier molecular flexibility index (Phi) is 8.85. The fraction of sp³-hybridized carbons (Fsp3) is 0.545. The lowest BCUT2D eigenvalue weighted by molar-refractivity contribution is -0.192. The van der Waals surface area contributed by atoms with Crippen LogP contribution in [0.15, 0.2) is 36.7 Å². The van der Waals surface area contributed by atoms with Crippen molar-refractivity contribution in [2.24, 2.45) is 5.92 Å². The molecule has 1 unspecified atom stereocenters.